The Labute approximate surface area is 114 Å². The third-order valence-electron chi connectivity index (χ3n) is 3.40. The van der Waals surface area contributed by atoms with Gasteiger partial charge in [0.05, 0.1) is 0 Å². The summed E-state index contributed by atoms with van der Waals surface area (Å²) < 4.78 is 11.5. The molecule has 2 nitrogen and oxygen atoms in total. The summed E-state index contributed by atoms with van der Waals surface area (Å²) in [7, 11) is 0. The molecule has 98 valence electrons. The molecule has 1 aliphatic rings. The number of benzene rings is 2. The molecule has 0 heterocycles. The van der Waals surface area contributed by atoms with Gasteiger partial charge in [0, 0.05) is 0 Å². The Kier molecular flexibility index (Phi) is 3.41. The van der Waals surface area contributed by atoms with Crippen LogP contribution in [0.5, 0.6) is 11.5 Å². The van der Waals surface area contributed by atoms with Crippen molar-refractivity contribution in [3.05, 3.63) is 60.2 Å². The molecule has 0 saturated heterocycles. The fourth-order valence-electron chi connectivity index (χ4n) is 1.98. The largest absolute Gasteiger partial charge is 0.490 e. The van der Waals surface area contributed by atoms with E-state index < -0.39 is 0 Å². The Morgan fingerprint density at radius 2 is 1.58 bits per heavy atom. The first-order valence-corrected chi connectivity index (χ1v) is 6.75. The van der Waals surface area contributed by atoms with Crippen molar-refractivity contribution in [3.63, 3.8) is 0 Å². The van der Waals surface area contributed by atoms with Gasteiger partial charge >= 0.3 is 0 Å². The van der Waals surface area contributed by atoms with Crippen LogP contribution in [0.1, 0.15) is 18.9 Å². The highest BCUT2D eigenvalue weighted by Crippen LogP contribution is 2.34. The van der Waals surface area contributed by atoms with Crippen LogP contribution in [0.15, 0.2) is 54.6 Å². The van der Waals surface area contributed by atoms with E-state index in [4.69, 9.17) is 9.47 Å². The smallest absolute Gasteiger partial charge is 0.120 e. The fourth-order valence-corrected chi connectivity index (χ4v) is 1.98. The van der Waals surface area contributed by atoms with Crippen molar-refractivity contribution in [2.24, 2.45) is 5.92 Å². The second-order valence-corrected chi connectivity index (χ2v) is 5.11. The maximum atomic E-state index is 5.80. The first-order valence-electron chi connectivity index (χ1n) is 6.75. The Bertz CT molecular complexity index is 519. The summed E-state index contributed by atoms with van der Waals surface area (Å²) in [6.07, 6.45) is 1.59. The molecule has 0 aliphatic heterocycles. The Morgan fingerprint density at radius 3 is 2.21 bits per heavy atom. The molecular weight excluding hydrogens is 236 g/mol. The van der Waals surface area contributed by atoms with Crippen LogP contribution < -0.4 is 9.47 Å². The minimum atomic E-state index is 0.413. The van der Waals surface area contributed by atoms with Gasteiger partial charge in [0.1, 0.15) is 24.2 Å². The van der Waals surface area contributed by atoms with Crippen molar-refractivity contribution >= 4 is 0 Å². The van der Waals surface area contributed by atoms with Gasteiger partial charge in [0.15, 0.2) is 0 Å². The zero-order valence-corrected chi connectivity index (χ0v) is 11.1. The standard InChI is InChI=1S/C17H18O2/c1-13-11-17(13)19-16-9-7-15(8-10-16)18-12-14-5-3-2-4-6-14/h2-10,13,17H,11-12H2,1H3. The van der Waals surface area contributed by atoms with Gasteiger partial charge < -0.3 is 9.47 Å². The van der Waals surface area contributed by atoms with Crippen molar-refractivity contribution in [1.29, 1.82) is 0 Å². The maximum Gasteiger partial charge on any atom is 0.120 e. The summed E-state index contributed by atoms with van der Waals surface area (Å²) in [6.45, 7) is 2.81. The fraction of sp³-hybridized carbons (Fsp3) is 0.294. The Morgan fingerprint density at radius 1 is 0.947 bits per heavy atom. The van der Waals surface area contributed by atoms with E-state index in [1.165, 1.54) is 12.0 Å². The average Bonchev–Trinajstić information content (AvgIpc) is 3.14. The van der Waals surface area contributed by atoms with Crippen molar-refractivity contribution in [2.75, 3.05) is 0 Å². The van der Waals surface area contributed by atoms with Crippen LogP contribution in [-0.2, 0) is 6.61 Å². The third kappa shape index (κ3) is 3.28. The van der Waals surface area contributed by atoms with E-state index in [2.05, 4.69) is 19.1 Å². The lowest BCUT2D eigenvalue weighted by atomic mass is 10.2. The van der Waals surface area contributed by atoms with Gasteiger partial charge in [0.2, 0.25) is 0 Å². The van der Waals surface area contributed by atoms with Gasteiger partial charge in [-0.25, -0.2) is 0 Å². The number of ether oxygens (including phenoxy) is 2. The van der Waals surface area contributed by atoms with E-state index >= 15 is 0 Å². The second-order valence-electron chi connectivity index (χ2n) is 5.11. The van der Waals surface area contributed by atoms with E-state index in [1.54, 1.807) is 0 Å². The second kappa shape index (κ2) is 5.35. The quantitative estimate of drug-likeness (QED) is 0.801. The number of hydrogen-bond acceptors (Lipinski definition) is 2. The highest BCUT2D eigenvalue weighted by Gasteiger charge is 2.34. The van der Waals surface area contributed by atoms with E-state index in [1.807, 2.05) is 42.5 Å². The zero-order chi connectivity index (χ0) is 13.1. The minimum absolute atomic E-state index is 0.413. The highest BCUT2D eigenvalue weighted by molar-refractivity contribution is 5.32. The molecule has 0 radical (unpaired) electrons. The van der Waals surface area contributed by atoms with Gasteiger partial charge in [-0.05, 0) is 42.2 Å². The molecule has 0 spiro atoms. The predicted molar refractivity (Wildman–Crippen MR) is 75.4 cm³/mol. The van der Waals surface area contributed by atoms with Gasteiger partial charge in [-0.15, -0.1) is 0 Å². The lowest BCUT2D eigenvalue weighted by molar-refractivity contribution is 0.284. The van der Waals surface area contributed by atoms with Gasteiger partial charge in [-0.1, -0.05) is 37.3 Å². The molecule has 3 rings (SSSR count). The van der Waals surface area contributed by atoms with Crippen molar-refractivity contribution in [2.45, 2.75) is 26.1 Å². The maximum absolute atomic E-state index is 5.80. The molecule has 1 fully saturated rings. The Hall–Kier alpha value is -1.96. The normalized spacial score (nSPS) is 20.9. The molecule has 0 N–H and O–H groups in total. The molecule has 2 heteroatoms. The summed E-state index contributed by atoms with van der Waals surface area (Å²) >= 11 is 0. The summed E-state index contributed by atoms with van der Waals surface area (Å²) in [5.74, 6) is 2.51. The average molecular weight is 254 g/mol. The van der Waals surface area contributed by atoms with Gasteiger partial charge in [0.25, 0.3) is 0 Å². The molecule has 2 aromatic carbocycles. The highest BCUT2D eigenvalue weighted by atomic mass is 16.5. The van der Waals surface area contributed by atoms with E-state index in [0.29, 0.717) is 18.6 Å². The molecular formula is C17H18O2. The third-order valence-corrected chi connectivity index (χ3v) is 3.40. The topological polar surface area (TPSA) is 18.5 Å². The zero-order valence-electron chi connectivity index (χ0n) is 11.1. The van der Waals surface area contributed by atoms with E-state index in [-0.39, 0.29) is 0 Å². The lowest BCUT2D eigenvalue weighted by Crippen LogP contribution is -1.99. The molecule has 0 amide bonds. The molecule has 0 aromatic heterocycles. The van der Waals surface area contributed by atoms with Gasteiger partial charge in [-0.3, -0.25) is 0 Å². The first kappa shape index (κ1) is 12.1. The molecule has 0 bridgehead atoms. The monoisotopic (exact) mass is 254 g/mol. The van der Waals surface area contributed by atoms with Crippen LogP contribution >= 0.6 is 0 Å². The molecule has 2 aromatic rings. The van der Waals surface area contributed by atoms with Crippen LogP contribution in [0.3, 0.4) is 0 Å². The number of rotatable bonds is 5. The van der Waals surface area contributed by atoms with Crippen LogP contribution in [-0.4, -0.2) is 6.10 Å². The van der Waals surface area contributed by atoms with Crippen molar-refractivity contribution in [1.82, 2.24) is 0 Å². The molecule has 1 aliphatic carbocycles. The lowest BCUT2D eigenvalue weighted by Gasteiger charge is -2.08. The minimum Gasteiger partial charge on any atom is -0.490 e. The van der Waals surface area contributed by atoms with Crippen LogP contribution in [0.2, 0.25) is 0 Å². The van der Waals surface area contributed by atoms with E-state index in [0.717, 1.165) is 11.5 Å². The van der Waals surface area contributed by atoms with Crippen molar-refractivity contribution < 1.29 is 9.47 Å². The van der Waals surface area contributed by atoms with E-state index in [9.17, 15) is 0 Å². The molecule has 19 heavy (non-hydrogen) atoms. The number of hydrogen-bond donors (Lipinski definition) is 0. The Balaban J connectivity index is 1.54. The van der Waals surface area contributed by atoms with Crippen LogP contribution in [0, 0.1) is 5.92 Å². The summed E-state index contributed by atoms with van der Waals surface area (Å²) in [5.41, 5.74) is 1.18. The summed E-state index contributed by atoms with van der Waals surface area (Å²) in [6, 6.07) is 18.1. The summed E-state index contributed by atoms with van der Waals surface area (Å²) in [5, 5.41) is 0. The SMILES string of the molecule is CC1CC1Oc1ccc(OCc2ccccc2)cc1. The van der Waals surface area contributed by atoms with Crippen molar-refractivity contribution in [3.8, 4) is 11.5 Å². The first-order chi connectivity index (χ1) is 9.31. The summed E-state index contributed by atoms with van der Waals surface area (Å²) in [4.78, 5) is 0. The van der Waals surface area contributed by atoms with Crippen LogP contribution in [0.4, 0.5) is 0 Å². The molecule has 2 unspecified atom stereocenters. The molecule has 1 saturated carbocycles. The molecule has 2 atom stereocenters. The predicted octanol–water partition coefficient (Wildman–Crippen LogP) is 4.05. The van der Waals surface area contributed by atoms with Crippen LogP contribution in [0.25, 0.3) is 0 Å². The van der Waals surface area contributed by atoms with Gasteiger partial charge in [-0.2, -0.15) is 0 Å².